The van der Waals surface area contributed by atoms with Crippen molar-refractivity contribution in [3.63, 3.8) is 0 Å². The van der Waals surface area contributed by atoms with E-state index in [9.17, 15) is 10.1 Å². The fourth-order valence-corrected chi connectivity index (χ4v) is 4.24. The molecule has 5 rings (SSSR count). The van der Waals surface area contributed by atoms with E-state index < -0.39 is 0 Å². The van der Waals surface area contributed by atoms with E-state index in [-0.39, 0.29) is 12.0 Å². The number of nitriles is 1. The first kappa shape index (κ1) is 21.5. The Labute approximate surface area is 197 Å². The van der Waals surface area contributed by atoms with E-state index in [4.69, 9.17) is 14.2 Å². The smallest absolute Gasteiger partial charge is 0.255 e. The molecular formula is C25H23N5O4. The largest absolute Gasteiger partial charge is 0.490 e. The van der Waals surface area contributed by atoms with Crippen LogP contribution in [0.25, 0.3) is 0 Å². The Bertz CT molecular complexity index is 1240. The van der Waals surface area contributed by atoms with Crippen molar-refractivity contribution in [2.24, 2.45) is 0 Å². The number of pyridine rings is 2. The highest BCUT2D eigenvalue weighted by molar-refractivity contribution is 5.94. The topological polar surface area (TPSA) is 101 Å². The zero-order chi connectivity index (χ0) is 23.5. The van der Waals surface area contributed by atoms with E-state index >= 15 is 0 Å². The summed E-state index contributed by atoms with van der Waals surface area (Å²) in [5, 5.41) is 9.44. The predicted molar refractivity (Wildman–Crippen MR) is 124 cm³/mol. The Balaban J connectivity index is 1.33. The molecule has 3 aromatic rings. The minimum atomic E-state index is -0.107. The van der Waals surface area contributed by atoms with Crippen LogP contribution in [0.1, 0.15) is 22.3 Å². The zero-order valence-electron chi connectivity index (χ0n) is 18.7. The van der Waals surface area contributed by atoms with Gasteiger partial charge in [0.05, 0.1) is 43.3 Å². The molecule has 1 aromatic carbocycles. The summed E-state index contributed by atoms with van der Waals surface area (Å²) in [5.74, 6) is 1.68. The van der Waals surface area contributed by atoms with Crippen LogP contribution in [-0.4, -0.2) is 60.2 Å². The van der Waals surface area contributed by atoms with E-state index in [0.29, 0.717) is 49.0 Å². The molecule has 34 heavy (non-hydrogen) atoms. The highest BCUT2D eigenvalue weighted by atomic mass is 16.5. The molecule has 0 aliphatic carbocycles. The number of hydrogen-bond acceptors (Lipinski definition) is 8. The van der Waals surface area contributed by atoms with Gasteiger partial charge in [-0.25, -0.2) is 4.98 Å². The molecule has 1 amide bonds. The summed E-state index contributed by atoms with van der Waals surface area (Å²) in [6.07, 6.45) is 5.56. The van der Waals surface area contributed by atoms with Crippen molar-refractivity contribution < 1.29 is 19.0 Å². The van der Waals surface area contributed by atoms with Crippen molar-refractivity contribution in [3.05, 3.63) is 66.1 Å². The van der Waals surface area contributed by atoms with Crippen LogP contribution in [-0.2, 0) is 0 Å². The van der Waals surface area contributed by atoms with Gasteiger partial charge >= 0.3 is 0 Å². The van der Waals surface area contributed by atoms with Gasteiger partial charge < -0.3 is 24.0 Å². The van der Waals surface area contributed by atoms with Gasteiger partial charge in [-0.2, -0.15) is 5.26 Å². The van der Waals surface area contributed by atoms with E-state index in [2.05, 4.69) is 16.0 Å². The second-order valence-corrected chi connectivity index (χ2v) is 8.01. The van der Waals surface area contributed by atoms with Crippen LogP contribution in [0.4, 0.5) is 11.4 Å². The summed E-state index contributed by atoms with van der Waals surface area (Å²) in [5.41, 5.74) is 2.55. The lowest BCUT2D eigenvalue weighted by atomic mass is 10.2. The van der Waals surface area contributed by atoms with Crippen molar-refractivity contribution in [1.82, 2.24) is 14.9 Å². The van der Waals surface area contributed by atoms with Gasteiger partial charge in [-0.05, 0) is 30.3 Å². The van der Waals surface area contributed by atoms with Gasteiger partial charge in [-0.15, -0.1) is 0 Å². The quantitative estimate of drug-likeness (QED) is 0.576. The number of ether oxygens (including phenoxy) is 3. The molecule has 0 unspecified atom stereocenters. The number of benzene rings is 1. The summed E-state index contributed by atoms with van der Waals surface area (Å²) in [6.45, 7) is 2.26. The van der Waals surface area contributed by atoms with Gasteiger partial charge in [0, 0.05) is 31.4 Å². The Morgan fingerprint density at radius 3 is 2.94 bits per heavy atom. The molecule has 2 aromatic heterocycles. The molecule has 2 aliphatic heterocycles. The number of anilines is 2. The van der Waals surface area contributed by atoms with Crippen molar-refractivity contribution in [2.45, 2.75) is 12.5 Å². The first-order valence-electron chi connectivity index (χ1n) is 11.0. The first-order valence-corrected chi connectivity index (χ1v) is 11.0. The normalized spacial score (nSPS) is 16.9. The lowest BCUT2D eigenvalue weighted by molar-refractivity contribution is 0.0772. The summed E-state index contributed by atoms with van der Waals surface area (Å²) >= 11 is 0. The number of aromatic nitrogens is 2. The number of carbonyl (C=O) groups is 1. The Morgan fingerprint density at radius 2 is 2.15 bits per heavy atom. The molecule has 9 nitrogen and oxygen atoms in total. The van der Waals surface area contributed by atoms with Gasteiger partial charge in [-0.3, -0.25) is 9.78 Å². The van der Waals surface area contributed by atoms with Crippen LogP contribution in [0, 0.1) is 11.3 Å². The molecule has 0 bridgehead atoms. The number of carbonyl (C=O) groups excluding carboxylic acids is 1. The van der Waals surface area contributed by atoms with Gasteiger partial charge in [-0.1, -0.05) is 0 Å². The number of fused-ring (bicyclic) bond motifs is 1. The van der Waals surface area contributed by atoms with Crippen LogP contribution in [0.3, 0.4) is 0 Å². The second kappa shape index (κ2) is 9.27. The lowest BCUT2D eigenvalue weighted by Gasteiger charge is -2.31. The fraction of sp³-hybridized carbons (Fsp3) is 0.280. The summed E-state index contributed by atoms with van der Waals surface area (Å²) < 4.78 is 17.2. The molecule has 0 radical (unpaired) electrons. The maximum atomic E-state index is 12.7. The Hall–Kier alpha value is -4.32. The fourth-order valence-electron chi connectivity index (χ4n) is 4.24. The molecule has 0 saturated carbocycles. The average molecular weight is 457 g/mol. The minimum absolute atomic E-state index is 0.0375. The van der Waals surface area contributed by atoms with Crippen LogP contribution in [0.5, 0.6) is 17.4 Å². The molecule has 4 heterocycles. The van der Waals surface area contributed by atoms with E-state index in [1.165, 1.54) is 7.11 Å². The van der Waals surface area contributed by atoms with E-state index in [1.807, 2.05) is 23.1 Å². The van der Waals surface area contributed by atoms with Gasteiger partial charge in [0.2, 0.25) is 5.88 Å². The molecule has 1 saturated heterocycles. The molecule has 1 fully saturated rings. The second-order valence-electron chi connectivity index (χ2n) is 8.01. The highest BCUT2D eigenvalue weighted by Gasteiger charge is 2.29. The van der Waals surface area contributed by atoms with Crippen LogP contribution in [0.2, 0.25) is 0 Å². The molecule has 1 atom stereocenters. The molecular weight excluding hydrogens is 434 g/mol. The predicted octanol–water partition coefficient (Wildman–Crippen LogP) is 3.18. The minimum Gasteiger partial charge on any atom is -0.490 e. The highest BCUT2D eigenvalue weighted by Crippen LogP contribution is 2.40. The number of hydrogen-bond donors (Lipinski definition) is 0. The lowest BCUT2D eigenvalue weighted by Crippen LogP contribution is -2.31. The third-order valence-electron chi connectivity index (χ3n) is 5.90. The molecule has 0 N–H and O–H groups in total. The third-order valence-corrected chi connectivity index (χ3v) is 5.90. The van der Waals surface area contributed by atoms with E-state index in [0.717, 1.165) is 23.5 Å². The average Bonchev–Trinajstić information content (AvgIpc) is 3.36. The number of likely N-dealkylation sites (tertiary alicyclic amines) is 1. The van der Waals surface area contributed by atoms with Crippen LogP contribution >= 0.6 is 0 Å². The summed E-state index contributed by atoms with van der Waals surface area (Å²) in [6, 6.07) is 13.1. The van der Waals surface area contributed by atoms with Gasteiger partial charge in [0.1, 0.15) is 35.8 Å². The van der Waals surface area contributed by atoms with Crippen molar-refractivity contribution in [1.29, 1.82) is 5.26 Å². The number of rotatable bonds is 5. The zero-order valence-corrected chi connectivity index (χ0v) is 18.7. The monoisotopic (exact) mass is 457 g/mol. The molecule has 0 spiro atoms. The van der Waals surface area contributed by atoms with Crippen LogP contribution in [0.15, 0.2) is 55.0 Å². The summed E-state index contributed by atoms with van der Waals surface area (Å²) in [4.78, 5) is 24.8. The Morgan fingerprint density at radius 1 is 1.24 bits per heavy atom. The number of amides is 1. The number of nitrogens with zero attached hydrogens (tertiary/aromatic N) is 5. The maximum absolute atomic E-state index is 12.7. The Kier molecular flexibility index (Phi) is 5.87. The third kappa shape index (κ3) is 4.18. The van der Waals surface area contributed by atoms with Gasteiger partial charge in [0.15, 0.2) is 0 Å². The van der Waals surface area contributed by atoms with Gasteiger partial charge in [0.25, 0.3) is 5.91 Å². The molecule has 2 aliphatic rings. The standard InChI is InChI=1S/C25H23N5O4/c1-32-24-18(13-26)11-19(15-28-24)30-9-10-33-23-5-4-20(12-22(23)30)34-21-6-8-29(16-21)25(31)17-3-2-7-27-14-17/h2-5,7,11-12,14-15,21H,6,8-10,16H2,1H3/t21-/m0/s1. The molecule has 9 heteroatoms. The van der Waals surface area contributed by atoms with Crippen LogP contribution < -0.4 is 19.1 Å². The molecule has 172 valence electrons. The van der Waals surface area contributed by atoms with Crippen molar-refractivity contribution in [3.8, 4) is 23.4 Å². The van der Waals surface area contributed by atoms with E-state index in [1.54, 1.807) is 41.7 Å². The number of methoxy groups -OCH3 is 1. The maximum Gasteiger partial charge on any atom is 0.255 e. The van der Waals surface area contributed by atoms with Crippen molar-refractivity contribution in [2.75, 3.05) is 38.3 Å². The first-order chi connectivity index (χ1) is 16.7. The SMILES string of the molecule is COc1ncc(N2CCOc3ccc(O[C@H]4CCN(C(=O)c5cccnc5)C4)cc32)cc1C#N. The summed E-state index contributed by atoms with van der Waals surface area (Å²) in [7, 11) is 1.49. The van der Waals surface area contributed by atoms with Crippen molar-refractivity contribution >= 4 is 17.3 Å².